The number of aliphatic carboxylic acids is 1. The number of carbonyl (C=O) groups is 5. The van der Waals surface area contributed by atoms with Crippen LogP contribution in [0.25, 0.3) is 0 Å². The standard InChI is InChI=1S/C24H33N7O8/c1-12(32)20(24(38)39)31-22(36)17(6-7-19(26)34)29-23(37)18(8-13-2-4-15(33)5-3-13)30-21(35)16(25)9-14-10-27-11-28-14/h2-5,10-12,16-18,20,32-33H,6-9,25H2,1H3,(H2,26,34)(H,27,28)(H,29,37)(H,30,35)(H,31,36)(H,38,39). The summed E-state index contributed by atoms with van der Waals surface area (Å²) in [6.07, 6.45) is 0.880. The topological polar surface area (TPSA) is 263 Å². The molecular weight excluding hydrogens is 514 g/mol. The van der Waals surface area contributed by atoms with E-state index in [1.807, 2.05) is 0 Å². The Morgan fingerprint density at radius 3 is 2.13 bits per heavy atom. The molecule has 1 aromatic carbocycles. The third kappa shape index (κ3) is 10.1. The molecule has 0 spiro atoms. The quantitative estimate of drug-likeness (QED) is 0.112. The van der Waals surface area contributed by atoms with E-state index in [1.54, 1.807) is 0 Å². The van der Waals surface area contributed by atoms with E-state index in [2.05, 4.69) is 25.9 Å². The van der Waals surface area contributed by atoms with Crippen molar-refractivity contribution in [2.75, 3.05) is 0 Å². The fourth-order valence-corrected chi connectivity index (χ4v) is 3.55. The van der Waals surface area contributed by atoms with Gasteiger partial charge in [-0.1, -0.05) is 12.1 Å². The molecular formula is C24H33N7O8. The molecule has 11 N–H and O–H groups in total. The van der Waals surface area contributed by atoms with Gasteiger partial charge >= 0.3 is 5.97 Å². The molecule has 15 heteroatoms. The maximum atomic E-state index is 13.3. The van der Waals surface area contributed by atoms with E-state index in [9.17, 15) is 39.3 Å². The molecule has 1 aromatic heterocycles. The SMILES string of the molecule is CC(O)C(NC(=O)C(CCC(N)=O)NC(=O)C(Cc1ccc(O)cc1)NC(=O)C(N)Cc1cnc[nH]1)C(=O)O. The molecule has 2 aromatic rings. The van der Waals surface area contributed by atoms with Crippen molar-refractivity contribution in [3.05, 3.63) is 48.0 Å². The van der Waals surface area contributed by atoms with E-state index in [-0.39, 0.29) is 31.4 Å². The lowest BCUT2D eigenvalue weighted by atomic mass is 10.0. The molecule has 0 saturated carbocycles. The molecule has 0 bridgehead atoms. The van der Waals surface area contributed by atoms with E-state index in [4.69, 9.17) is 11.5 Å². The van der Waals surface area contributed by atoms with Gasteiger partial charge in [0.15, 0.2) is 6.04 Å². The minimum Gasteiger partial charge on any atom is -0.508 e. The summed E-state index contributed by atoms with van der Waals surface area (Å²) in [4.78, 5) is 68.4. The number of H-pyrrole nitrogens is 1. The van der Waals surface area contributed by atoms with Crippen molar-refractivity contribution in [2.45, 2.75) is 62.9 Å². The number of hydrogen-bond donors (Lipinski definition) is 9. The van der Waals surface area contributed by atoms with Crippen molar-refractivity contribution >= 4 is 29.6 Å². The Hall–Kier alpha value is -4.50. The van der Waals surface area contributed by atoms with Crippen LogP contribution in [0.5, 0.6) is 5.75 Å². The fourth-order valence-electron chi connectivity index (χ4n) is 3.55. The number of aromatic hydroxyl groups is 1. The average Bonchev–Trinajstić information content (AvgIpc) is 3.38. The van der Waals surface area contributed by atoms with E-state index >= 15 is 0 Å². The van der Waals surface area contributed by atoms with Crippen LogP contribution in [-0.2, 0) is 36.8 Å². The molecule has 1 heterocycles. The van der Waals surface area contributed by atoms with E-state index in [0.29, 0.717) is 11.3 Å². The zero-order valence-electron chi connectivity index (χ0n) is 21.2. The Morgan fingerprint density at radius 1 is 0.974 bits per heavy atom. The monoisotopic (exact) mass is 547 g/mol. The summed E-state index contributed by atoms with van der Waals surface area (Å²) in [7, 11) is 0. The number of imidazole rings is 1. The van der Waals surface area contributed by atoms with Crippen molar-refractivity contribution in [3.8, 4) is 5.75 Å². The molecule has 212 valence electrons. The molecule has 15 nitrogen and oxygen atoms in total. The smallest absolute Gasteiger partial charge is 0.328 e. The largest absolute Gasteiger partial charge is 0.508 e. The number of nitrogens with two attached hydrogens (primary N) is 2. The van der Waals surface area contributed by atoms with Gasteiger partial charge in [0.1, 0.15) is 17.8 Å². The summed E-state index contributed by atoms with van der Waals surface area (Å²) in [5.41, 5.74) is 12.3. The third-order valence-electron chi connectivity index (χ3n) is 5.70. The number of phenols is 1. The van der Waals surface area contributed by atoms with Gasteiger partial charge in [0.25, 0.3) is 0 Å². The number of nitrogens with one attached hydrogen (secondary N) is 4. The number of nitrogens with zero attached hydrogens (tertiary/aromatic N) is 1. The Labute approximate surface area is 223 Å². The maximum Gasteiger partial charge on any atom is 0.328 e. The number of aromatic nitrogens is 2. The van der Waals surface area contributed by atoms with Gasteiger partial charge in [-0.3, -0.25) is 19.2 Å². The zero-order chi connectivity index (χ0) is 29.1. The van der Waals surface area contributed by atoms with Gasteiger partial charge < -0.3 is 47.7 Å². The van der Waals surface area contributed by atoms with Crippen molar-refractivity contribution in [1.29, 1.82) is 0 Å². The number of rotatable bonds is 15. The highest BCUT2D eigenvalue weighted by atomic mass is 16.4. The van der Waals surface area contributed by atoms with Crippen LogP contribution in [0.2, 0.25) is 0 Å². The maximum absolute atomic E-state index is 13.3. The average molecular weight is 548 g/mol. The van der Waals surface area contributed by atoms with Crippen molar-refractivity contribution < 1.29 is 39.3 Å². The number of aliphatic hydroxyl groups excluding tert-OH is 1. The Kier molecular flexibility index (Phi) is 11.4. The minimum absolute atomic E-state index is 0.0142. The molecule has 4 amide bonds. The summed E-state index contributed by atoms with van der Waals surface area (Å²) in [5.74, 6) is -4.79. The van der Waals surface area contributed by atoms with Crippen molar-refractivity contribution in [1.82, 2.24) is 25.9 Å². The first-order valence-corrected chi connectivity index (χ1v) is 12.0. The Balaban J connectivity index is 2.24. The van der Waals surface area contributed by atoms with Gasteiger partial charge in [0, 0.05) is 31.2 Å². The number of benzene rings is 1. The first kappa shape index (κ1) is 30.7. The van der Waals surface area contributed by atoms with Crippen molar-refractivity contribution in [2.24, 2.45) is 11.5 Å². The van der Waals surface area contributed by atoms with Gasteiger partial charge in [0.05, 0.1) is 18.5 Å². The van der Waals surface area contributed by atoms with Gasteiger partial charge in [-0.2, -0.15) is 0 Å². The predicted molar refractivity (Wildman–Crippen MR) is 136 cm³/mol. The molecule has 5 atom stereocenters. The summed E-state index contributed by atoms with van der Waals surface area (Å²) < 4.78 is 0. The highest BCUT2D eigenvalue weighted by molar-refractivity contribution is 5.94. The number of carboxylic acid groups (broad SMARTS) is 1. The zero-order valence-corrected chi connectivity index (χ0v) is 21.2. The normalized spacial score (nSPS) is 14.7. The number of carbonyl (C=O) groups excluding carboxylic acids is 4. The van der Waals surface area contributed by atoms with Crippen LogP contribution >= 0.6 is 0 Å². The number of aromatic amines is 1. The van der Waals surface area contributed by atoms with Crippen LogP contribution in [0, 0.1) is 0 Å². The van der Waals surface area contributed by atoms with Crippen LogP contribution in [-0.4, -0.2) is 85.2 Å². The second-order valence-electron chi connectivity index (χ2n) is 8.95. The van der Waals surface area contributed by atoms with Crippen molar-refractivity contribution in [3.63, 3.8) is 0 Å². The number of carboxylic acids is 1. The fraction of sp³-hybridized carbons (Fsp3) is 0.417. The summed E-state index contributed by atoms with van der Waals surface area (Å²) in [6, 6.07) is 0.417. The Morgan fingerprint density at radius 2 is 1.59 bits per heavy atom. The van der Waals surface area contributed by atoms with Gasteiger partial charge in [0.2, 0.25) is 23.6 Å². The molecule has 0 fully saturated rings. The van der Waals surface area contributed by atoms with Crippen LogP contribution in [0.15, 0.2) is 36.8 Å². The molecule has 0 aliphatic carbocycles. The second-order valence-corrected chi connectivity index (χ2v) is 8.95. The number of primary amides is 1. The molecule has 39 heavy (non-hydrogen) atoms. The number of aliphatic hydroxyl groups is 1. The van der Waals surface area contributed by atoms with Crippen LogP contribution < -0.4 is 27.4 Å². The molecule has 0 aliphatic heterocycles. The second kappa shape index (κ2) is 14.4. The molecule has 0 radical (unpaired) electrons. The minimum atomic E-state index is -1.68. The number of hydrogen-bond acceptors (Lipinski definition) is 9. The summed E-state index contributed by atoms with van der Waals surface area (Å²) in [5, 5.41) is 35.6. The Bertz CT molecular complexity index is 1140. The number of amides is 4. The first-order valence-electron chi connectivity index (χ1n) is 12.0. The van der Waals surface area contributed by atoms with Crippen LogP contribution in [0.1, 0.15) is 31.0 Å². The van der Waals surface area contributed by atoms with Gasteiger partial charge in [-0.15, -0.1) is 0 Å². The van der Waals surface area contributed by atoms with E-state index in [1.165, 1.54) is 36.8 Å². The molecule has 2 rings (SSSR count). The lowest BCUT2D eigenvalue weighted by Crippen LogP contribution is -2.58. The first-order chi connectivity index (χ1) is 18.4. The lowest BCUT2D eigenvalue weighted by molar-refractivity contribution is -0.145. The third-order valence-corrected chi connectivity index (χ3v) is 5.70. The highest BCUT2D eigenvalue weighted by Crippen LogP contribution is 2.12. The van der Waals surface area contributed by atoms with Crippen LogP contribution in [0.4, 0.5) is 0 Å². The number of phenolic OH excluding ortho intramolecular Hbond substituents is 1. The predicted octanol–water partition coefficient (Wildman–Crippen LogP) is -2.59. The van der Waals surface area contributed by atoms with E-state index in [0.717, 1.165) is 6.92 Å². The van der Waals surface area contributed by atoms with Gasteiger partial charge in [-0.25, -0.2) is 9.78 Å². The molecule has 5 unspecified atom stereocenters. The highest BCUT2D eigenvalue weighted by Gasteiger charge is 2.32. The molecule has 0 saturated heterocycles. The van der Waals surface area contributed by atoms with Gasteiger partial charge in [-0.05, 0) is 31.0 Å². The van der Waals surface area contributed by atoms with Crippen LogP contribution in [0.3, 0.4) is 0 Å². The van der Waals surface area contributed by atoms with E-state index < -0.39 is 59.9 Å². The summed E-state index contributed by atoms with van der Waals surface area (Å²) >= 11 is 0. The molecule has 0 aliphatic rings. The summed E-state index contributed by atoms with van der Waals surface area (Å²) in [6.45, 7) is 1.16. The lowest BCUT2D eigenvalue weighted by Gasteiger charge is -2.25.